The molecule has 114 valence electrons. The summed E-state index contributed by atoms with van der Waals surface area (Å²) in [5, 5.41) is 1.24. The van der Waals surface area contributed by atoms with Crippen LogP contribution in [0.1, 0.15) is 44.7 Å². The van der Waals surface area contributed by atoms with E-state index in [0.717, 1.165) is 31.6 Å². The highest BCUT2D eigenvalue weighted by Gasteiger charge is 2.20. The van der Waals surface area contributed by atoms with Crippen molar-refractivity contribution in [3.05, 3.63) is 51.7 Å². The van der Waals surface area contributed by atoms with Gasteiger partial charge >= 0.3 is 0 Å². The van der Waals surface area contributed by atoms with E-state index in [-0.39, 0.29) is 0 Å². The maximum absolute atomic E-state index is 6.35. The fourth-order valence-corrected chi connectivity index (χ4v) is 4.00. The summed E-state index contributed by atoms with van der Waals surface area (Å²) in [5.41, 5.74) is 11.4. The third-order valence-corrected chi connectivity index (χ3v) is 5.46. The molecule has 2 N–H and O–H groups in total. The van der Waals surface area contributed by atoms with E-state index >= 15 is 0 Å². The fourth-order valence-electron chi connectivity index (χ4n) is 2.66. The Bertz CT molecular complexity index is 568. The van der Waals surface area contributed by atoms with Gasteiger partial charge in [-0.2, -0.15) is 0 Å². The Labute approximate surface area is 133 Å². The molecule has 1 aromatic carbocycles. The third kappa shape index (κ3) is 3.65. The predicted octanol–water partition coefficient (Wildman–Crippen LogP) is 4.72. The lowest BCUT2D eigenvalue weighted by atomic mass is 10.1. The second-order valence-electron chi connectivity index (χ2n) is 5.58. The molecule has 1 aliphatic rings. The quantitative estimate of drug-likeness (QED) is 0.872. The van der Waals surface area contributed by atoms with Crippen molar-refractivity contribution in [3.63, 3.8) is 0 Å². The van der Waals surface area contributed by atoms with Crippen molar-refractivity contribution in [3.8, 4) is 0 Å². The van der Waals surface area contributed by atoms with Crippen LogP contribution in [-0.4, -0.2) is 18.0 Å². The molecular formula is C18H26N2S. The van der Waals surface area contributed by atoms with Gasteiger partial charge in [-0.05, 0) is 46.1 Å². The lowest BCUT2D eigenvalue weighted by Crippen LogP contribution is -2.23. The number of nitrogens with zero attached hydrogens (tertiary/aromatic N) is 1. The van der Waals surface area contributed by atoms with Crippen LogP contribution in [0.2, 0.25) is 0 Å². The molecule has 0 saturated heterocycles. The van der Waals surface area contributed by atoms with Crippen LogP contribution in [0, 0.1) is 6.92 Å². The minimum absolute atomic E-state index is 0.958. The number of hydrogen-bond donors (Lipinski definition) is 1. The monoisotopic (exact) mass is 302 g/mol. The zero-order valence-electron chi connectivity index (χ0n) is 13.6. The van der Waals surface area contributed by atoms with Gasteiger partial charge in [-0.15, -0.1) is 0 Å². The Morgan fingerprint density at radius 3 is 2.48 bits per heavy atom. The Hall–Kier alpha value is -1.35. The summed E-state index contributed by atoms with van der Waals surface area (Å²) in [7, 11) is 0. The number of benzene rings is 1. The molecule has 0 bridgehead atoms. The summed E-state index contributed by atoms with van der Waals surface area (Å²) in [4.78, 5) is 3.75. The van der Waals surface area contributed by atoms with Crippen LogP contribution in [0.25, 0.3) is 4.91 Å². The molecule has 0 atom stereocenters. The van der Waals surface area contributed by atoms with Crippen molar-refractivity contribution in [2.24, 2.45) is 5.73 Å². The minimum atomic E-state index is 0.958. The number of aryl methyl sites for hydroxylation is 1. The van der Waals surface area contributed by atoms with Crippen LogP contribution < -0.4 is 5.73 Å². The molecule has 2 nitrogen and oxygen atoms in total. The number of rotatable bonds is 4. The largest absolute Gasteiger partial charge is 0.400 e. The van der Waals surface area contributed by atoms with E-state index in [0.29, 0.717) is 0 Å². The van der Waals surface area contributed by atoms with E-state index in [2.05, 4.69) is 56.9 Å². The smallest absolute Gasteiger partial charge is 0.0947 e. The van der Waals surface area contributed by atoms with Gasteiger partial charge < -0.3 is 10.6 Å². The lowest BCUT2D eigenvalue weighted by Gasteiger charge is -2.25. The number of hydrogen-bond acceptors (Lipinski definition) is 3. The van der Waals surface area contributed by atoms with Gasteiger partial charge in [0.15, 0.2) is 0 Å². The average Bonchev–Trinajstić information content (AvgIpc) is 2.62. The summed E-state index contributed by atoms with van der Waals surface area (Å²) in [6.45, 7) is 10.8. The normalized spacial score (nSPS) is 16.2. The standard InChI is InChI=1S/C18H26N2S/c1-5-20(6-2)18-16(19)11-10-14(4)17(21-18)15-9-7-8-13(3)12-15/h7-9,12H,5-6,10-11,19H2,1-4H3. The highest BCUT2D eigenvalue weighted by Crippen LogP contribution is 2.42. The molecule has 0 saturated carbocycles. The molecule has 0 radical (unpaired) electrons. The van der Waals surface area contributed by atoms with Crippen molar-refractivity contribution in [2.45, 2.75) is 40.5 Å². The van der Waals surface area contributed by atoms with Crippen LogP contribution in [0.3, 0.4) is 0 Å². The average molecular weight is 302 g/mol. The molecule has 0 fully saturated rings. The maximum atomic E-state index is 6.35. The van der Waals surface area contributed by atoms with E-state index in [1.54, 1.807) is 0 Å². The maximum Gasteiger partial charge on any atom is 0.0947 e. The van der Waals surface area contributed by atoms with E-state index in [1.807, 2.05) is 11.8 Å². The van der Waals surface area contributed by atoms with Gasteiger partial charge in [0.05, 0.1) is 5.03 Å². The Morgan fingerprint density at radius 1 is 1.14 bits per heavy atom. The molecule has 1 aromatic rings. The van der Waals surface area contributed by atoms with Gasteiger partial charge in [0.25, 0.3) is 0 Å². The fraction of sp³-hybridized carbons (Fsp3) is 0.444. The minimum Gasteiger partial charge on any atom is -0.400 e. The summed E-state index contributed by atoms with van der Waals surface area (Å²) >= 11 is 1.85. The summed E-state index contributed by atoms with van der Waals surface area (Å²) in [6.07, 6.45) is 2.01. The van der Waals surface area contributed by atoms with Crippen LogP contribution in [0.15, 0.2) is 40.6 Å². The van der Waals surface area contributed by atoms with Crippen molar-refractivity contribution in [2.75, 3.05) is 13.1 Å². The second-order valence-corrected chi connectivity index (χ2v) is 6.58. The summed E-state index contributed by atoms with van der Waals surface area (Å²) in [5.74, 6) is 0. The molecule has 3 heteroatoms. The molecule has 0 aromatic heterocycles. The van der Waals surface area contributed by atoms with Crippen LogP contribution in [-0.2, 0) is 0 Å². The predicted molar refractivity (Wildman–Crippen MR) is 94.7 cm³/mol. The molecule has 0 amide bonds. The van der Waals surface area contributed by atoms with Gasteiger partial charge in [-0.3, -0.25) is 0 Å². The van der Waals surface area contributed by atoms with Gasteiger partial charge in [-0.1, -0.05) is 47.2 Å². The van der Waals surface area contributed by atoms with Crippen LogP contribution in [0.5, 0.6) is 0 Å². The number of thioether (sulfide) groups is 1. The van der Waals surface area contributed by atoms with Gasteiger partial charge in [0.2, 0.25) is 0 Å². The molecule has 0 spiro atoms. The molecule has 0 aliphatic carbocycles. The van der Waals surface area contributed by atoms with E-state index in [1.165, 1.54) is 26.6 Å². The Kier molecular flexibility index (Phi) is 5.40. The van der Waals surface area contributed by atoms with E-state index < -0.39 is 0 Å². The van der Waals surface area contributed by atoms with E-state index in [9.17, 15) is 0 Å². The first-order valence-corrected chi connectivity index (χ1v) is 8.56. The zero-order valence-corrected chi connectivity index (χ0v) is 14.4. The number of allylic oxidation sites excluding steroid dienone is 2. The first kappa shape index (κ1) is 16.0. The first-order valence-electron chi connectivity index (χ1n) is 7.75. The van der Waals surface area contributed by atoms with Gasteiger partial charge in [-0.25, -0.2) is 0 Å². The molecule has 1 heterocycles. The van der Waals surface area contributed by atoms with Gasteiger partial charge in [0, 0.05) is 23.7 Å². The zero-order chi connectivity index (χ0) is 15.4. The highest BCUT2D eigenvalue weighted by molar-refractivity contribution is 8.11. The SMILES string of the molecule is CCN(CC)C1=C(N)CCC(C)=C(c2cccc(C)c2)S1. The van der Waals surface area contributed by atoms with Gasteiger partial charge in [0.1, 0.15) is 0 Å². The highest BCUT2D eigenvalue weighted by atomic mass is 32.2. The molecule has 21 heavy (non-hydrogen) atoms. The number of nitrogens with two attached hydrogens (primary N) is 1. The van der Waals surface area contributed by atoms with Crippen molar-refractivity contribution < 1.29 is 0 Å². The Morgan fingerprint density at radius 2 is 1.86 bits per heavy atom. The summed E-state index contributed by atoms with van der Waals surface area (Å²) < 4.78 is 0. The van der Waals surface area contributed by atoms with E-state index in [4.69, 9.17) is 5.73 Å². The van der Waals surface area contributed by atoms with Crippen molar-refractivity contribution in [1.82, 2.24) is 4.90 Å². The Balaban J connectivity index is 2.41. The third-order valence-electron chi connectivity index (χ3n) is 3.96. The van der Waals surface area contributed by atoms with Crippen molar-refractivity contribution in [1.29, 1.82) is 0 Å². The molecule has 1 aliphatic heterocycles. The molecule has 2 rings (SSSR count). The topological polar surface area (TPSA) is 29.3 Å². The van der Waals surface area contributed by atoms with Crippen molar-refractivity contribution >= 4 is 16.7 Å². The summed E-state index contributed by atoms with van der Waals surface area (Å²) in [6, 6.07) is 8.77. The first-order chi connectivity index (χ1) is 10.1. The van der Waals surface area contributed by atoms with Crippen LogP contribution >= 0.6 is 11.8 Å². The van der Waals surface area contributed by atoms with Crippen LogP contribution in [0.4, 0.5) is 0 Å². The lowest BCUT2D eigenvalue weighted by molar-refractivity contribution is 0.403. The molecular weight excluding hydrogens is 276 g/mol. The molecule has 0 unspecified atom stereocenters. The second kappa shape index (κ2) is 7.08.